The van der Waals surface area contributed by atoms with Gasteiger partial charge in [-0.15, -0.1) is 0 Å². The van der Waals surface area contributed by atoms with Crippen LogP contribution < -0.4 is 10.5 Å². The number of benzene rings is 1. The first kappa shape index (κ1) is 13.4. The fraction of sp³-hybridized carbons (Fsp3) is 0.222. The maximum atomic E-state index is 12.6. The Morgan fingerprint density at radius 1 is 1.47 bits per heavy atom. The molecular formula is C9H12FN3O3S. The number of sulfonamides is 1. The summed E-state index contributed by atoms with van der Waals surface area (Å²) in [6, 6.07) is 3.44. The normalized spacial score (nSPS) is 14.6. The van der Waals surface area contributed by atoms with E-state index in [9.17, 15) is 12.8 Å². The van der Waals surface area contributed by atoms with Gasteiger partial charge in [-0.05, 0) is 31.2 Å². The summed E-state index contributed by atoms with van der Waals surface area (Å²) < 4.78 is 38.3. The molecule has 1 unspecified atom stereocenters. The highest BCUT2D eigenvalue weighted by atomic mass is 32.2. The first-order chi connectivity index (χ1) is 7.86. The third-order valence-electron chi connectivity index (χ3n) is 2.01. The molecule has 4 N–H and O–H groups in total. The number of nitrogens with two attached hydrogens (primary N) is 1. The largest absolute Gasteiger partial charge is 0.409 e. The van der Waals surface area contributed by atoms with Gasteiger partial charge < -0.3 is 10.9 Å². The lowest BCUT2D eigenvalue weighted by atomic mass is 10.3. The molecule has 0 fully saturated rings. The van der Waals surface area contributed by atoms with Crippen molar-refractivity contribution in [3.8, 4) is 0 Å². The van der Waals surface area contributed by atoms with E-state index < -0.39 is 21.9 Å². The van der Waals surface area contributed by atoms with Crippen molar-refractivity contribution in [2.24, 2.45) is 10.9 Å². The van der Waals surface area contributed by atoms with Crippen LogP contribution in [0.15, 0.2) is 34.3 Å². The van der Waals surface area contributed by atoms with Crippen molar-refractivity contribution in [3.63, 3.8) is 0 Å². The number of rotatable bonds is 4. The lowest BCUT2D eigenvalue weighted by Crippen LogP contribution is -2.42. The molecule has 0 saturated heterocycles. The van der Waals surface area contributed by atoms with Gasteiger partial charge in [0.15, 0.2) is 5.84 Å². The molecule has 6 nitrogen and oxygen atoms in total. The number of hydrogen-bond donors (Lipinski definition) is 3. The number of oxime groups is 1. The molecule has 1 aromatic rings. The molecule has 0 aliphatic rings. The molecule has 1 aromatic carbocycles. The topological polar surface area (TPSA) is 105 Å². The Balaban J connectivity index is 2.93. The third-order valence-corrected chi connectivity index (χ3v) is 3.57. The fourth-order valence-corrected chi connectivity index (χ4v) is 2.28. The van der Waals surface area contributed by atoms with E-state index in [1.807, 2.05) is 0 Å². The predicted molar refractivity (Wildman–Crippen MR) is 59.6 cm³/mol. The van der Waals surface area contributed by atoms with Crippen LogP contribution >= 0.6 is 0 Å². The Morgan fingerprint density at radius 2 is 2.00 bits per heavy atom. The lowest BCUT2D eigenvalue weighted by Gasteiger charge is -2.12. The summed E-state index contributed by atoms with van der Waals surface area (Å²) in [7, 11) is -3.82. The highest BCUT2D eigenvalue weighted by Crippen LogP contribution is 2.10. The summed E-state index contributed by atoms with van der Waals surface area (Å²) in [4.78, 5) is -0.100. The van der Waals surface area contributed by atoms with Gasteiger partial charge in [0.2, 0.25) is 10.0 Å². The quantitative estimate of drug-likeness (QED) is 0.312. The number of nitrogens with zero attached hydrogens (tertiary/aromatic N) is 1. The van der Waals surface area contributed by atoms with E-state index in [4.69, 9.17) is 10.9 Å². The Bertz CT molecular complexity index is 513. The summed E-state index contributed by atoms with van der Waals surface area (Å²) in [5, 5.41) is 11.1. The van der Waals surface area contributed by atoms with Gasteiger partial charge in [-0.25, -0.2) is 17.5 Å². The van der Waals surface area contributed by atoms with Crippen LogP contribution in [0.4, 0.5) is 4.39 Å². The molecule has 0 aliphatic carbocycles. The van der Waals surface area contributed by atoms with Crippen LogP contribution in [0.2, 0.25) is 0 Å². The average molecular weight is 261 g/mol. The summed E-state index contributed by atoms with van der Waals surface area (Å²) in [6.07, 6.45) is 0. The van der Waals surface area contributed by atoms with Crippen molar-refractivity contribution in [3.05, 3.63) is 30.1 Å². The Hall–Kier alpha value is -1.67. The van der Waals surface area contributed by atoms with Crippen molar-refractivity contribution in [1.29, 1.82) is 0 Å². The molecule has 0 heterocycles. The van der Waals surface area contributed by atoms with E-state index in [1.165, 1.54) is 6.92 Å². The Labute approximate surface area is 98.0 Å². The number of nitrogens with one attached hydrogen (secondary N) is 1. The number of amidine groups is 1. The Morgan fingerprint density at radius 3 is 2.47 bits per heavy atom. The van der Waals surface area contributed by atoms with Gasteiger partial charge in [0, 0.05) is 0 Å². The van der Waals surface area contributed by atoms with Crippen molar-refractivity contribution >= 4 is 15.9 Å². The molecule has 0 spiro atoms. The van der Waals surface area contributed by atoms with Crippen molar-refractivity contribution in [1.82, 2.24) is 4.72 Å². The first-order valence-corrected chi connectivity index (χ1v) is 6.10. The molecular weight excluding hydrogens is 249 g/mol. The molecule has 1 rings (SSSR count). The van der Waals surface area contributed by atoms with Gasteiger partial charge in [0.25, 0.3) is 0 Å². The van der Waals surface area contributed by atoms with E-state index in [2.05, 4.69) is 9.88 Å². The summed E-state index contributed by atoms with van der Waals surface area (Å²) in [5.74, 6) is -0.802. The van der Waals surface area contributed by atoms with Crippen molar-refractivity contribution in [2.45, 2.75) is 17.9 Å². The van der Waals surface area contributed by atoms with Crippen LogP contribution in [-0.2, 0) is 10.0 Å². The number of hydrogen-bond acceptors (Lipinski definition) is 4. The molecule has 17 heavy (non-hydrogen) atoms. The molecule has 0 aromatic heterocycles. The minimum atomic E-state index is -3.82. The second-order valence-electron chi connectivity index (χ2n) is 3.32. The van der Waals surface area contributed by atoms with Gasteiger partial charge >= 0.3 is 0 Å². The van der Waals surface area contributed by atoms with E-state index in [0.717, 1.165) is 24.3 Å². The van der Waals surface area contributed by atoms with Crippen LogP contribution in [0.5, 0.6) is 0 Å². The second kappa shape index (κ2) is 5.11. The van der Waals surface area contributed by atoms with Crippen LogP contribution in [0.3, 0.4) is 0 Å². The second-order valence-corrected chi connectivity index (χ2v) is 5.04. The zero-order valence-corrected chi connectivity index (χ0v) is 9.78. The molecule has 94 valence electrons. The fourth-order valence-electron chi connectivity index (χ4n) is 1.06. The predicted octanol–water partition coefficient (Wildman–Crippen LogP) is 0.239. The van der Waals surface area contributed by atoms with Gasteiger partial charge in [-0.2, -0.15) is 0 Å². The summed E-state index contributed by atoms with van der Waals surface area (Å²) >= 11 is 0. The molecule has 1 atom stereocenters. The molecule has 8 heteroatoms. The van der Waals surface area contributed by atoms with E-state index in [0.29, 0.717) is 0 Å². The minimum Gasteiger partial charge on any atom is -0.409 e. The van der Waals surface area contributed by atoms with Crippen molar-refractivity contribution < 1.29 is 18.0 Å². The molecule has 0 radical (unpaired) electrons. The van der Waals surface area contributed by atoms with Crippen molar-refractivity contribution in [2.75, 3.05) is 0 Å². The highest BCUT2D eigenvalue weighted by molar-refractivity contribution is 7.89. The molecule has 0 aliphatic heterocycles. The van der Waals surface area contributed by atoms with Gasteiger partial charge in [0.1, 0.15) is 5.82 Å². The maximum Gasteiger partial charge on any atom is 0.241 e. The standard InChI is InChI=1S/C9H12FN3O3S/c1-6(9(11)12-14)13-17(15,16)8-4-2-7(10)3-5-8/h2-6,13-14H,1H3,(H2,11,12). The molecule has 0 bridgehead atoms. The molecule has 0 amide bonds. The number of halogens is 1. The van der Waals surface area contributed by atoms with Gasteiger partial charge in [-0.3, -0.25) is 0 Å². The zero-order valence-electron chi connectivity index (χ0n) is 8.96. The monoisotopic (exact) mass is 261 g/mol. The lowest BCUT2D eigenvalue weighted by molar-refractivity contribution is 0.316. The van der Waals surface area contributed by atoms with Crippen LogP contribution in [0.1, 0.15) is 6.92 Å². The third kappa shape index (κ3) is 3.40. The SMILES string of the molecule is CC(NS(=O)(=O)c1ccc(F)cc1)/C(N)=N/O. The van der Waals surface area contributed by atoms with Crippen LogP contribution in [0, 0.1) is 5.82 Å². The van der Waals surface area contributed by atoms with Gasteiger partial charge in [-0.1, -0.05) is 5.16 Å². The Kier molecular flexibility index (Phi) is 4.02. The molecule has 0 saturated carbocycles. The van der Waals surface area contributed by atoms with Crippen LogP contribution in [0.25, 0.3) is 0 Å². The minimum absolute atomic E-state index is 0.100. The van der Waals surface area contributed by atoms with E-state index in [1.54, 1.807) is 0 Å². The first-order valence-electron chi connectivity index (χ1n) is 4.62. The summed E-state index contributed by atoms with van der Waals surface area (Å²) in [6.45, 7) is 1.41. The van der Waals surface area contributed by atoms with E-state index in [-0.39, 0.29) is 10.7 Å². The maximum absolute atomic E-state index is 12.6. The van der Waals surface area contributed by atoms with Gasteiger partial charge in [0.05, 0.1) is 10.9 Å². The highest BCUT2D eigenvalue weighted by Gasteiger charge is 2.19. The zero-order chi connectivity index (χ0) is 13.1. The van der Waals surface area contributed by atoms with Crippen LogP contribution in [-0.4, -0.2) is 25.5 Å². The van der Waals surface area contributed by atoms with E-state index >= 15 is 0 Å². The smallest absolute Gasteiger partial charge is 0.241 e. The summed E-state index contributed by atoms with van der Waals surface area (Å²) in [5.41, 5.74) is 5.24. The average Bonchev–Trinajstić information content (AvgIpc) is 2.27.